The number of hydrogen-bond donors (Lipinski definition) is 8. The number of aromatic carboxylic acids is 4. The van der Waals surface area contributed by atoms with Crippen LogP contribution in [0.1, 0.15) is 83.9 Å². The Kier molecular flexibility index (Phi) is 16.7. The number of carboxylic acids is 4. The Labute approximate surface area is 340 Å². The number of carbonyl (C=O) groups is 8. The summed E-state index contributed by atoms with van der Waals surface area (Å²) in [6.07, 6.45) is 0. The normalized spacial score (nSPS) is 10.8. The third kappa shape index (κ3) is 14.0. The van der Waals surface area contributed by atoms with Gasteiger partial charge in [0.25, 0.3) is 23.6 Å². The number of pyridine rings is 4. The molecule has 0 saturated carbocycles. The molecular weight excluding hydrogens is 788 g/mol. The monoisotopic (exact) mass is 828 g/mol. The van der Waals surface area contributed by atoms with Crippen molar-refractivity contribution < 1.29 is 58.8 Å². The van der Waals surface area contributed by atoms with Crippen molar-refractivity contribution in [2.24, 2.45) is 0 Å². The molecule has 4 amide bonds. The molecule has 22 heteroatoms. The molecule has 0 bridgehead atoms. The number of nitrogens with one attached hydrogen (secondary N) is 4. The van der Waals surface area contributed by atoms with Crippen LogP contribution in [0.15, 0.2) is 72.8 Å². The molecule has 4 rings (SSSR count). The quantitative estimate of drug-likeness (QED) is 0.0475. The van der Waals surface area contributed by atoms with Gasteiger partial charge in [-0.05, 0) is 48.5 Å². The summed E-state index contributed by atoms with van der Waals surface area (Å²) in [4.78, 5) is 116. The molecular formula is C38H40N10O12. The lowest BCUT2D eigenvalue weighted by Crippen LogP contribution is -2.46. The Morgan fingerprint density at radius 3 is 0.750 bits per heavy atom. The maximum Gasteiger partial charge on any atom is 0.354 e. The Bertz CT molecular complexity index is 1930. The lowest BCUT2D eigenvalue weighted by Gasteiger charge is -2.28. The molecule has 0 spiro atoms. The molecule has 4 aromatic rings. The fraction of sp³-hybridized carbons (Fsp3) is 0.263. The molecule has 0 aromatic carbocycles. The minimum Gasteiger partial charge on any atom is -0.477 e. The summed E-state index contributed by atoms with van der Waals surface area (Å²) in [5.74, 6) is -7.74. The molecule has 0 unspecified atom stereocenters. The smallest absolute Gasteiger partial charge is 0.354 e. The van der Waals surface area contributed by atoms with E-state index in [0.29, 0.717) is 0 Å². The molecule has 4 heterocycles. The molecule has 4 aromatic heterocycles. The molecule has 0 aliphatic heterocycles. The molecule has 8 N–H and O–H groups in total. The average Bonchev–Trinajstić information content (AvgIpc) is 3.24. The van der Waals surface area contributed by atoms with Gasteiger partial charge in [-0.1, -0.05) is 24.3 Å². The van der Waals surface area contributed by atoms with Crippen molar-refractivity contribution in [3.63, 3.8) is 0 Å². The lowest BCUT2D eigenvalue weighted by atomic mass is 10.3. The maximum atomic E-state index is 12.8. The molecule has 0 aliphatic rings. The Morgan fingerprint density at radius 1 is 0.350 bits per heavy atom. The van der Waals surface area contributed by atoms with Crippen LogP contribution in [0.25, 0.3) is 0 Å². The van der Waals surface area contributed by atoms with Gasteiger partial charge in [0.2, 0.25) is 0 Å². The maximum absolute atomic E-state index is 12.8. The van der Waals surface area contributed by atoms with E-state index in [9.17, 15) is 58.8 Å². The van der Waals surface area contributed by atoms with Crippen molar-refractivity contribution in [3.05, 3.63) is 118 Å². The number of aromatic nitrogens is 4. The van der Waals surface area contributed by atoms with E-state index in [4.69, 9.17) is 0 Å². The van der Waals surface area contributed by atoms with Gasteiger partial charge < -0.3 is 41.7 Å². The number of nitrogens with zero attached hydrogens (tertiary/aromatic N) is 6. The standard InChI is InChI=1S/C38H40N10O12/c49-31(23-5-1-9-27(43-23)35(53)54)39-13-17-47(18-14-40-32(50)24-6-2-10-28(44-24)36(55)56)21-22-48(19-15-41-33(51)25-7-3-11-29(45-25)37(57)58)20-16-42-34(52)26-8-4-12-30(46-26)38(59)60/h1-12H,13-22H2,(H,39,49)(H,40,50)(H,41,51)(H,42,52)(H,53,54)(H,55,56)(H,57,58)(H,59,60). The van der Waals surface area contributed by atoms with Crippen molar-refractivity contribution >= 4 is 47.5 Å². The van der Waals surface area contributed by atoms with E-state index in [0.717, 1.165) is 0 Å². The van der Waals surface area contributed by atoms with Crippen molar-refractivity contribution in [3.8, 4) is 0 Å². The van der Waals surface area contributed by atoms with Crippen LogP contribution in [-0.4, -0.2) is 163 Å². The van der Waals surface area contributed by atoms with Gasteiger partial charge in [0.1, 0.15) is 45.6 Å². The number of carboxylic acid groups (broad SMARTS) is 4. The predicted molar refractivity (Wildman–Crippen MR) is 207 cm³/mol. The van der Waals surface area contributed by atoms with Gasteiger partial charge in [-0.15, -0.1) is 0 Å². The Morgan fingerprint density at radius 2 is 0.550 bits per heavy atom. The molecule has 60 heavy (non-hydrogen) atoms. The highest BCUT2D eigenvalue weighted by Crippen LogP contribution is 2.04. The van der Waals surface area contributed by atoms with Crippen LogP contribution < -0.4 is 21.3 Å². The third-order valence-corrected chi connectivity index (χ3v) is 8.39. The van der Waals surface area contributed by atoms with Crippen molar-refractivity contribution in [2.75, 3.05) is 65.4 Å². The molecule has 0 fully saturated rings. The Hall–Kier alpha value is -7.72. The fourth-order valence-corrected chi connectivity index (χ4v) is 5.35. The van der Waals surface area contributed by atoms with E-state index < -0.39 is 47.5 Å². The predicted octanol–water partition coefficient (Wildman–Crippen LogP) is -0.317. The molecule has 0 atom stereocenters. The van der Waals surface area contributed by atoms with Crippen LogP contribution in [0.4, 0.5) is 0 Å². The van der Waals surface area contributed by atoms with Gasteiger partial charge >= 0.3 is 23.9 Å². The fourth-order valence-electron chi connectivity index (χ4n) is 5.35. The van der Waals surface area contributed by atoms with Crippen LogP contribution in [0.2, 0.25) is 0 Å². The van der Waals surface area contributed by atoms with Crippen molar-refractivity contribution in [1.29, 1.82) is 0 Å². The number of carbonyl (C=O) groups excluding carboxylic acids is 4. The second-order valence-electron chi connectivity index (χ2n) is 12.6. The van der Waals surface area contributed by atoms with Crippen molar-refractivity contribution in [2.45, 2.75) is 0 Å². The third-order valence-electron chi connectivity index (χ3n) is 8.39. The number of hydrogen-bond acceptors (Lipinski definition) is 14. The van der Waals surface area contributed by atoms with Crippen LogP contribution in [0.3, 0.4) is 0 Å². The van der Waals surface area contributed by atoms with Crippen LogP contribution in [0, 0.1) is 0 Å². The summed E-state index contributed by atoms with van der Waals surface area (Å²) in [6.45, 7) is 1.68. The van der Waals surface area contributed by atoms with Gasteiger partial charge in [0.05, 0.1) is 0 Å². The zero-order valence-corrected chi connectivity index (χ0v) is 31.7. The first kappa shape index (κ1) is 45.0. The highest BCUT2D eigenvalue weighted by atomic mass is 16.4. The zero-order valence-electron chi connectivity index (χ0n) is 31.7. The number of amides is 4. The first-order valence-corrected chi connectivity index (χ1v) is 18.1. The van der Waals surface area contributed by atoms with Crippen LogP contribution in [-0.2, 0) is 0 Å². The zero-order chi connectivity index (χ0) is 43.6. The second kappa shape index (κ2) is 22.3. The molecule has 314 valence electrons. The minimum atomic E-state index is -1.31. The van der Waals surface area contributed by atoms with Gasteiger partial charge in [-0.3, -0.25) is 29.0 Å². The summed E-state index contributed by atoms with van der Waals surface area (Å²) < 4.78 is 0. The van der Waals surface area contributed by atoms with E-state index in [1.807, 2.05) is 9.80 Å². The van der Waals surface area contributed by atoms with Crippen LogP contribution in [0.5, 0.6) is 0 Å². The van der Waals surface area contributed by atoms with Gasteiger partial charge in [-0.2, -0.15) is 0 Å². The van der Waals surface area contributed by atoms with Gasteiger partial charge in [-0.25, -0.2) is 39.1 Å². The lowest BCUT2D eigenvalue weighted by molar-refractivity contribution is 0.0679. The largest absolute Gasteiger partial charge is 0.477 e. The summed E-state index contributed by atoms with van der Waals surface area (Å²) in [5.41, 5.74) is -1.72. The summed E-state index contributed by atoms with van der Waals surface area (Å²) >= 11 is 0. The first-order chi connectivity index (χ1) is 28.7. The summed E-state index contributed by atoms with van der Waals surface area (Å²) in [6, 6.07) is 15.9. The molecule has 0 saturated heterocycles. The van der Waals surface area contributed by atoms with E-state index in [1.54, 1.807) is 0 Å². The average molecular weight is 829 g/mol. The van der Waals surface area contributed by atoms with Gasteiger partial charge in [0, 0.05) is 65.4 Å². The van der Waals surface area contributed by atoms with E-state index in [1.165, 1.54) is 72.8 Å². The first-order valence-electron chi connectivity index (χ1n) is 18.1. The SMILES string of the molecule is O=C(O)c1cccc(C(=O)NCCN(CCNC(=O)c2cccc(C(=O)O)n2)CCN(CCNC(=O)c2cccc(C(=O)O)n2)CCNC(=O)c2cccc(C(=O)O)n2)n1. The number of rotatable bonds is 23. The Balaban J connectivity index is 1.44. The van der Waals surface area contributed by atoms with E-state index in [-0.39, 0.29) is 111 Å². The highest BCUT2D eigenvalue weighted by Gasteiger charge is 2.18. The van der Waals surface area contributed by atoms with E-state index in [2.05, 4.69) is 41.2 Å². The summed E-state index contributed by atoms with van der Waals surface area (Å²) in [7, 11) is 0. The molecule has 0 aliphatic carbocycles. The highest BCUT2D eigenvalue weighted by molar-refractivity contribution is 5.96. The minimum absolute atomic E-state index is 0.0604. The topological polar surface area (TPSA) is 324 Å². The van der Waals surface area contributed by atoms with Crippen LogP contribution >= 0.6 is 0 Å². The molecule has 22 nitrogen and oxygen atoms in total. The van der Waals surface area contributed by atoms with Crippen molar-refractivity contribution in [1.82, 2.24) is 51.0 Å². The second-order valence-corrected chi connectivity index (χ2v) is 12.6. The summed E-state index contributed by atoms with van der Waals surface area (Å²) in [5, 5.41) is 47.7. The molecule has 0 radical (unpaired) electrons. The van der Waals surface area contributed by atoms with E-state index >= 15 is 0 Å². The van der Waals surface area contributed by atoms with Gasteiger partial charge in [0.15, 0.2) is 0 Å².